The van der Waals surface area contributed by atoms with Crippen LogP contribution in [-0.2, 0) is 6.54 Å². The second-order valence-electron chi connectivity index (χ2n) is 4.68. The van der Waals surface area contributed by atoms with Crippen LogP contribution in [-0.4, -0.2) is 22.7 Å². The highest BCUT2D eigenvalue weighted by Crippen LogP contribution is 2.27. The van der Waals surface area contributed by atoms with Gasteiger partial charge in [-0.15, -0.1) is 0 Å². The van der Waals surface area contributed by atoms with Gasteiger partial charge in [0.15, 0.2) is 6.61 Å². The maximum absolute atomic E-state index is 12.0. The molecule has 2 aromatic rings. The van der Waals surface area contributed by atoms with Crippen LogP contribution in [0, 0.1) is 10.1 Å². The standard InChI is InChI=1S/C14H11ClF3N3O3/c15-11-5-10(21(22)23)2-3-12(11)19-6-9-1-4-13(20-7-9)24-8-14(16,17)18/h1-5,7,19H,6,8H2. The Kier molecular flexibility index (Phi) is 5.45. The van der Waals surface area contributed by atoms with E-state index < -0.39 is 17.7 Å². The Hall–Kier alpha value is -2.55. The molecule has 6 nitrogen and oxygen atoms in total. The second kappa shape index (κ2) is 7.35. The molecule has 0 aliphatic carbocycles. The third-order valence-electron chi connectivity index (χ3n) is 2.83. The molecule has 0 radical (unpaired) electrons. The van der Waals surface area contributed by atoms with E-state index in [1.54, 1.807) is 6.07 Å². The number of nitrogens with zero attached hydrogens (tertiary/aromatic N) is 2. The summed E-state index contributed by atoms with van der Waals surface area (Å²) in [6.07, 6.45) is -3.06. The number of anilines is 1. The van der Waals surface area contributed by atoms with E-state index >= 15 is 0 Å². The molecule has 24 heavy (non-hydrogen) atoms. The van der Waals surface area contributed by atoms with Gasteiger partial charge in [-0.3, -0.25) is 10.1 Å². The molecule has 0 aliphatic heterocycles. The minimum atomic E-state index is -4.42. The monoisotopic (exact) mass is 361 g/mol. The number of nitro groups is 1. The molecule has 0 aliphatic rings. The van der Waals surface area contributed by atoms with Gasteiger partial charge in [-0.1, -0.05) is 17.7 Å². The number of pyridine rings is 1. The lowest BCUT2D eigenvalue weighted by molar-refractivity contribution is -0.384. The molecule has 1 aromatic heterocycles. The van der Waals surface area contributed by atoms with Crippen molar-refractivity contribution in [3.05, 3.63) is 57.2 Å². The Bertz CT molecular complexity index is 723. The molecule has 0 unspecified atom stereocenters. The summed E-state index contributed by atoms with van der Waals surface area (Å²) in [7, 11) is 0. The summed E-state index contributed by atoms with van der Waals surface area (Å²) in [4.78, 5) is 13.8. The number of ether oxygens (including phenoxy) is 1. The zero-order valence-corrected chi connectivity index (χ0v) is 12.8. The molecular formula is C14H11ClF3N3O3. The number of hydrogen-bond donors (Lipinski definition) is 1. The molecule has 128 valence electrons. The van der Waals surface area contributed by atoms with Crippen LogP contribution in [0.15, 0.2) is 36.5 Å². The van der Waals surface area contributed by atoms with Crippen molar-refractivity contribution in [1.29, 1.82) is 0 Å². The minimum Gasteiger partial charge on any atom is -0.468 e. The van der Waals surface area contributed by atoms with Crippen molar-refractivity contribution in [2.75, 3.05) is 11.9 Å². The predicted molar refractivity (Wildman–Crippen MR) is 81.2 cm³/mol. The van der Waals surface area contributed by atoms with Crippen molar-refractivity contribution >= 4 is 23.0 Å². The van der Waals surface area contributed by atoms with Gasteiger partial charge in [0.25, 0.3) is 5.69 Å². The lowest BCUT2D eigenvalue weighted by Crippen LogP contribution is -2.19. The first-order valence-electron chi connectivity index (χ1n) is 6.57. The van der Waals surface area contributed by atoms with Gasteiger partial charge in [0.05, 0.1) is 15.6 Å². The lowest BCUT2D eigenvalue weighted by atomic mass is 10.2. The Morgan fingerprint density at radius 2 is 2.04 bits per heavy atom. The van der Waals surface area contributed by atoms with Crippen LogP contribution in [0.3, 0.4) is 0 Å². The molecule has 1 N–H and O–H groups in total. The number of rotatable bonds is 6. The fourth-order valence-electron chi connectivity index (χ4n) is 1.71. The summed E-state index contributed by atoms with van der Waals surface area (Å²) >= 11 is 5.94. The van der Waals surface area contributed by atoms with Crippen LogP contribution < -0.4 is 10.1 Å². The summed E-state index contributed by atoms with van der Waals surface area (Å²) in [6, 6.07) is 6.86. The summed E-state index contributed by atoms with van der Waals surface area (Å²) in [5.41, 5.74) is 1.03. The smallest absolute Gasteiger partial charge is 0.422 e. The Morgan fingerprint density at radius 1 is 1.29 bits per heavy atom. The first kappa shape index (κ1) is 17.8. The average molecular weight is 362 g/mol. The van der Waals surface area contributed by atoms with E-state index in [2.05, 4.69) is 15.0 Å². The minimum absolute atomic E-state index is 0.126. The molecular weight excluding hydrogens is 351 g/mol. The van der Waals surface area contributed by atoms with Crippen molar-refractivity contribution in [1.82, 2.24) is 4.98 Å². The number of alkyl halides is 3. The summed E-state index contributed by atoms with van der Waals surface area (Å²) in [5.74, 6) is -0.135. The van der Waals surface area contributed by atoms with E-state index in [9.17, 15) is 23.3 Å². The maximum atomic E-state index is 12.0. The van der Waals surface area contributed by atoms with Crippen molar-refractivity contribution in [2.24, 2.45) is 0 Å². The SMILES string of the molecule is O=[N+]([O-])c1ccc(NCc2ccc(OCC(F)(F)F)nc2)c(Cl)c1. The van der Waals surface area contributed by atoms with Gasteiger partial charge in [0.2, 0.25) is 5.88 Å². The average Bonchev–Trinajstić information content (AvgIpc) is 2.52. The molecule has 0 spiro atoms. The van der Waals surface area contributed by atoms with Crippen molar-refractivity contribution in [2.45, 2.75) is 12.7 Å². The van der Waals surface area contributed by atoms with Crippen molar-refractivity contribution < 1.29 is 22.8 Å². The van der Waals surface area contributed by atoms with Crippen LogP contribution in [0.4, 0.5) is 24.5 Å². The Morgan fingerprint density at radius 3 is 2.58 bits per heavy atom. The number of benzene rings is 1. The lowest BCUT2D eigenvalue weighted by Gasteiger charge is -2.10. The second-order valence-corrected chi connectivity index (χ2v) is 5.09. The van der Waals surface area contributed by atoms with Gasteiger partial charge in [0, 0.05) is 30.9 Å². The van der Waals surface area contributed by atoms with E-state index in [1.165, 1.54) is 30.5 Å². The van der Waals surface area contributed by atoms with Crippen LogP contribution in [0.5, 0.6) is 5.88 Å². The van der Waals surface area contributed by atoms with Crippen molar-refractivity contribution in [3.63, 3.8) is 0 Å². The molecule has 10 heteroatoms. The van der Waals surface area contributed by atoms with Crippen LogP contribution in [0.2, 0.25) is 5.02 Å². The number of aromatic nitrogens is 1. The van der Waals surface area contributed by atoms with Crippen LogP contribution in [0.25, 0.3) is 0 Å². The zero-order chi connectivity index (χ0) is 17.7. The summed E-state index contributed by atoms with van der Waals surface area (Å²) in [6.45, 7) is -1.12. The fourth-order valence-corrected chi connectivity index (χ4v) is 1.96. The van der Waals surface area contributed by atoms with Gasteiger partial charge in [0.1, 0.15) is 0 Å². The highest BCUT2D eigenvalue weighted by atomic mass is 35.5. The zero-order valence-electron chi connectivity index (χ0n) is 12.0. The predicted octanol–water partition coefficient (Wildman–Crippen LogP) is 4.20. The molecule has 0 bridgehead atoms. The summed E-state index contributed by atoms with van der Waals surface area (Å²) < 4.78 is 40.6. The number of nitro benzene ring substituents is 1. The third-order valence-corrected chi connectivity index (χ3v) is 3.14. The van der Waals surface area contributed by atoms with Crippen molar-refractivity contribution in [3.8, 4) is 5.88 Å². The molecule has 0 fully saturated rings. The molecule has 0 amide bonds. The van der Waals surface area contributed by atoms with E-state index in [-0.39, 0.29) is 23.1 Å². The number of non-ortho nitro benzene ring substituents is 1. The van der Waals surface area contributed by atoms with E-state index in [0.29, 0.717) is 11.3 Å². The van der Waals surface area contributed by atoms with Crippen LogP contribution in [0.1, 0.15) is 5.56 Å². The first-order chi connectivity index (χ1) is 11.2. The van der Waals surface area contributed by atoms with Crippen LogP contribution >= 0.6 is 11.6 Å². The summed E-state index contributed by atoms with van der Waals surface area (Å²) in [5, 5.41) is 13.8. The highest BCUT2D eigenvalue weighted by Gasteiger charge is 2.28. The fraction of sp³-hybridized carbons (Fsp3) is 0.214. The van der Waals surface area contributed by atoms with Gasteiger partial charge in [-0.2, -0.15) is 13.2 Å². The Balaban J connectivity index is 1.94. The molecule has 0 saturated heterocycles. The first-order valence-corrected chi connectivity index (χ1v) is 6.95. The number of hydrogen-bond acceptors (Lipinski definition) is 5. The number of nitrogens with one attached hydrogen (secondary N) is 1. The van der Waals surface area contributed by atoms with Gasteiger partial charge < -0.3 is 10.1 Å². The third kappa shape index (κ3) is 5.27. The number of halogens is 4. The molecule has 1 aromatic carbocycles. The highest BCUT2D eigenvalue weighted by molar-refractivity contribution is 6.33. The molecule has 0 saturated carbocycles. The van der Waals surface area contributed by atoms with E-state index in [1.807, 2.05) is 0 Å². The molecule has 2 rings (SSSR count). The molecule has 1 heterocycles. The van der Waals surface area contributed by atoms with Gasteiger partial charge in [-0.25, -0.2) is 4.98 Å². The topological polar surface area (TPSA) is 77.3 Å². The van der Waals surface area contributed by atoms with E-state index in [0.717, 1.165) is 0 Å². The van der Waals surface area contributed by atoms with Gasteiger partial charge in [-0.05, 0) is 11.6 Å². The quantitative estimate of drug-likeness (QED) is 0.616. The maximum Gasteiger partial charge on any atom is 0.422 e. The normalized spacial score (nSPS) is 11.2. The molecule has 0 atom stereocenters. The van der Waals surface area contributed by atoms with Gasteiger partial charge >= 0.3 is 6.18 Å². The Labute approximate surface area is 139 Å². The largest absolute Gasteiger partial charge is 0.468 e. The van der Waals surface area contributed by atoms with E-state index in [4.69, 9.17) is 11.6 Å².